The minimum Gasteiger partial charge on any atom is -0.508 e. The molecule has 1 aromatic heterocycles. The van der Waals surface area contributed by atoms with Gasteiger partial charge in [0.25, 0.3) is 0 Å². The summed E-state index contributed by atoms with van der Waals surface area (Å²) in [4.78, 5) is 14.5. The number of terminal acetylenes is 1. The molecule has 4 bridgehead atoms. The number of aromatic hydroxyl groups is 1. The number of likely N-dealkylation sites (tertiary alicyclic amines) is 1. The van der Waals surface area contributed by atoms with Gasteiger partial charge < -0.3 is 24.8 Å². The highest BCUT2D eigenvalue weighted by atomic mass is 19.1. The van der Waals surface area contributed by atoms with Gasteiger partial charge in [-0.1, -0.05) is 24.1 Å². The van der Waals surface area contributed by atoms with Crippen molar-refractivity contribution in [3.8, 4) is 35.2 Å². The van der Waals surface area contributed by atoms with Crippen LogP contribution in [-0.4, -0.2) is 83.6 Å². The number of benzene rings is 3. The van der Waals surface area contributed by atoms with E-state index in [1.165, 1.54) is 0 Å². The molecule has 9 heteroatoms. The van der Waals surface area contributed by atoms with Crippen molar-refractivity contribution in [1.82, 2.24) is 20.2 Å². The van der Waals surface area contributed by atoms with Gasteiger partial charge in [-0.3, -0.25) is 4.90 Å². The summed E-state index contributed by atoms with van der Waals surface area (Å²) in [6.07, 6.45) is 13.3. The maximum atomic E-state index is 16.9. The third-order valence-corrected chi connectivity index (χ3v) is 10.8. The summed E-state index contributed by atoms with van der Waals surface area (Å²) in [5, 5.41) is 16.4. The fourth-order valence-corrected chi connectivity index (χ4v) is 8.40. The summed E-state index contributed by atoms with van der Waals surface area (Å²) in [5.41, 5.74) is 1.77. The molecular weight excluding hydrogens is 581 g/mol. The number of fused-ring (bicyclic) bond motifs is 6. The number of nitrogens with zero attached hydrogens (tertiary/aromatic N) is 4. The van der Waals surface area contributed by atoms with E-state index in [-0.39, 0.29) is 22.7 Å². The molecule has 1 saturated carbocycles. The number of anilines is 1. The maximum Gasteiger partial charge on any atom is 0.319 e. The van der Waals surface area contributed by atoms with Gasteiger partial charge in [0.1, 0.15) is 17.1 Å². The summed E-state index contributed by atoms with van der Waals surface area (Å²) >= 11 is 0. The normalized spacial score (nSPS) is 26.5. The van der Waals surface area contributed by atoms with Crippen LogP contribution in [0.2, 0.25) is 0 Å². The highest BCUT2D eigenvalue weighted by Gasteiger charge is 2.47. The van der Waals surface area contributed by atoms with Gasteiger partial charge >= 0.3 is 6.01 Å². The van der Waals surface area contributed by atoms with Crippen LogP contribution in [0, 0.1) is 23.6 Å². The molecule has 1 aliphatic carbocycles. The van der Waals surface area contributed by atoms with Crippen LogP contribution < -0.4 is 15.0 Å². The van der Waals surface area contributed by atoms with Crippen LogP contribution in [0.4, 0.5) is 10.2 Å². The molecule has 4 aliphatic heterocycles. The van der Waals surface area contributed by atoms with E-state index in [4.69, 9.17) is 25.9 Å². The van der Waals surface area contributed by atoms with Gasteiger partial charge in [0.15, 0.2) is 5.82 Å². The van der Waals surface area contributed by atoms with Crippen molar-refractivity contribution in [1.29, 1.82) is 0 Å². The minimum absolute atomic E-state index is 0.0443. The van der Waals surface area contributed by atoms with Crippen LogP contribution in [0.3, 0.4) is 0 Å². The van der Waals surface area contributed by atoms with Crippen LogP contribution in [0.25, 0.3) is 32.8 Å². The monoisotopic (exact) mass is 619 g/mol. The fraction of sp³-hybridized carbons (Fsp3) is 0.459. The Hall–Kier alpha value is -3.97. The molecule has 8 nitrogen and oxygen atoms in total. The van der Waals surface area contributed by atoms with Gasteiger partial charge in [-0.2, -0.15) is 9.97 Å². The number of phenolic OH excluding ortho intramolecular Hbond substituents is 1. The number of rotatable bonds is 7. The van der Waals surface area contributed by atoms with Gasteiger partial charge in [0, 0.05) is 72.1 Å². The SMILES string of the molecule is C#Cc1cccc2cc(O)cc(-c3ccc4c(N5CC6CCC(C5)N6)nc(OCC5(CN6CC7CCC(C6)O7)CC5)nc4c3F)c12. The Kier molecular flexibility index (Phi) is 6.64. The number of halogens is 1. The number of hydrogen-bond acceptors (Lipinski definition) is 8. The Bertz CT molecular complexity index is 1880. The van der Waals surface area contributed by atoms with E-state index in [0.29, 0.717) is 58.8 Å². The first kappa shape index (κ1) is 28.3. The summed E-state index contributed by atoms with van der Waals surface area (Å²) in [5.74, 6) is 3.01. The van der Waals surface area contributed by atoms with E-state index in [1.807, 2.05) is 24.3 Å². The first-order valence-corrected chi connectivity index (χ1v) is 16.7. The lowest BCUT2D eigenvalue weighted by molar-refractivity contribution is -0.0460. The lowest BCUT2D eigenvalue weighted by Gasteiger charge is -2.35. The van der Waals surface area contributed by atoms with Crippen molar-refractivity contribution in [2.24, 2.45) is 5.41 Å². The summed E-state index contributed by atoms with van der Waals surface area (Å²) in [6.45, 7) is 5.06. The lowest BCUT2D eigenvalue weighted by Crippen LogP contribution is -2.51. The highest BCUT2D eigenvalue weighted by molar-refractivity contribution is 6.04. The van der Waals surface area contributed by atoms with Crippen molar-refractivity contribution in [2.75, 3.05) is 44.2 Å². The second kappa shape index (κ2) is 10.8. The standard InChI is InChI=1S/C37H38FN5O3/c1-2-22-4-3-5-23-14-26(44)15-31(32(22)23)29-10-11-30-34(33(29)38)40-36(41-35(30)43-16-24-6-7-25(17-43)39-24)45-21-37(12-13-37)20-42-18-27-8-9-28(19-42)46-27/h1,3-5,10-11,14-15,24-25,27-28,39,44H,6-9,12-13,16-21H2. The van der Waals surface area contributed by atoms with Gasteiger partial charge in [-0.05, 0) is 73.7 Å². The molecule has 5 fully saturated rings. The molecule has 5 heterocycles. The van der Waals surface area contributed by atoms with Gasteiger partial charge in [0.2, 0.25) is 0 Å². The molecule has 0 spiro atoms. The molecule has 2 N–H and O–H groups in total. The first-order chi connectivity index (χ1) is 22.4. The smallest absolute Gasteiger partial charge is 0.319 e. The zero-order valence-electron chi connectivity index (χ0n) is 25.8. The zero-order chi connectivity index (χ0) is 31.0. The number of aromatic nitrogens is 2. The van der Waals surface area contributed by atoms with Crippen molar-refractivity contribution in [3.63, 3.8) is 0 Å². The van der Waals surface area contributed by atoms with E-state index in [9.17, 15) is 5.11 Å². The lowest BCUT2D eigenvalue weighted by atomic mass is 9.93. The first-order valence-electron chi connectivity index (χ1n) is 16.7. The van der Waals surface area contributed by atoms with E-state index in [1.54, 1.807) is 18.2 Å². The molecule has 5 aliphatic rings. The Labute approximate surface area is 267 Å². The van der Waals surface area contributed by atoms with E-state index < -0.39 is 5.82 Å². The van der Waals surface area contributed by atoms with Crippen LogP contribution in [-0.2, 0) is 4.74 Å². The van der Waals surface area contributed by atoms with Gasteiger partial charge in [-0.15, -0.1) is 6.42 Å². The second-order valence-electron chi connectivity index (χ2n) is 14.2. The molecule has 0 radical (unpaired) electrons. The molecular formula is C37H38FN5O3. The topological polar surface area (TPSA) is 83.0 Å². The zero-order valence-corrected chi connectivity index (χ0v) is 25.8. The van der Waals surface area contributed by atoms with Crippen LogP contribution in [0.5, 0.6) is 11.8 Å². The van der Waals surface area contributed by atoms with Crippen molar-refractivity contribution >= 4 is 27.5 Å². The van der Waals surface area contributed by atoms with Crippen molar-refractivity contribution in [3.05, 3.63) is 53.8 Å². The number of hydrogen-bond donors (Lipinski definition) is 2. The highest BCUT2D eigenvalue weighted by Crippen LogP contribution is 2.47. The van der Waals surface area contributed by atoms with Crippen molar-refractivity contribution in [2.45, 2.75) is 62.8 Å². The number of ether oxygens (including phenoxy) is 2. The predicted molar refractivity (Wildman–Crippen MR) is 176 cm³/mol. The second-order valence-corrected chi connectivity index (χ2v) is 14.2. The number of morpholine rings is 1. The summed E-state index contributed by atoms with van der Waals surface area (Å²) < 4.78 is 29.4. The fourth-order valence-electron chi connectivity index (χ4n) is 8.40. The molecule has 4 unspecified atom stereocenters. The largest absolute Gasteiger partial charge is 0.508 e. The van der Waals surface area contributed by atoms with E-state index in [0.717, 1.165) is 82.0 Å². The maximum absolute atomic E-state index is 16.9. The number of phenols is 1. The van der Waals surface area contributed by atoms with Crippen LogP contribution in [0.1, 0.15) is 44.1 Å². The Morgan fingerprint density at radius 1 is 1.00 bits per heavy atom. The average Bonchev–Trinajstić information content (AvgIpc) is 3.62. The summed E-state index contributed by atoms with van der Waals surface area (Å²) in [6, 6.07) is 13.4. The summed E-state index contributed by atoms with van der Waals surface area (Å²) in [7, 11) is 0. The molecule has 236 valence electrons. The Balaban J connectivity index is 1.10. The number of nitrogens with one attached hydrogen (secondary N) is 1. The van der Waals surface area contributed by atoms with E-state index in [2.05, 4.69) is 21.0 Å². The molecule has 4 atom stereocenters. The average molecular weight is 620 g/mol. The van der Waals surface area contributed by atoms with Gasteiger partial charge in [-0.25, -0.2) is 4.39 Å². The molecule has 46 heavy (non-hydrogen) atoms. The van der Waals surface area contributed by atoms with Crippen molar-refractivity contribution < 1.29 is 19.0 Å². The quantitative estimate of drug-likeness (QED) is 0.272. The molecule has 3 aromatic carbocycles. The molecule has 9 rings (SSSR count). The molecule has 0 amide bonds. The Morgan fingerprint density at radius 2 is 1.78 bits per heavy atom. The predicted octanol–water partition coefficient (Wildman–Crippen LogP) is 5.24. The van der Waals surface area contributed by atoms with Crippen LogP contribution in [0.15, 0.2) is 42.5 Å². The third kappa shape index (κ3) is 4.95. The molecule has 4 aromatic rings. The number of piperazine rings is 1. The van der Waals surface area contributed by atoms with Crippen LogP contribution >= 0.6 is 0 Å². The van der Waals surface area contributed by atoms with Gasteiger partial charge in [0.05, 0.1) is 18.8 Å². The minimum atomic E-state index is -0.479. The molecule has 4 saturated heterocycles. The third-order valence-electron chi connectivity index (χ3n) is 10.8. The van der Waals surface area contributed by atoms with E-state index >= 15 is 4.39 Å². The Morgan fingerprint density at radius 3 is 2.52 bits per heavy atom.